The van der Waals surface area contributed by atoms with Crippen LogP contribution in [0.15, 0.2) is 0 Å². The highest BCUT2D eigenvalue weighted by molar-refractivity contribution is 8.93. The largest absolute Gasteiger partial charge is 0.507 e. The molecule has 0 aliphatic rings. The second kappa shape index (κ2) is 5.21. The lowest BCUT2D eigenvalue weighted by molar-refractivity contribution is 0.463. The van der Waals surface area contributed by atoms with Crippen LogP contribution in [0.1, 0.15) is 16.7 Å². The minimum atomic E-state index is 0. The molecule has 0 aliphatic heterocycles. The van der Waals surface area contributed by atoms with E-state index in [1.165, 1.54) is 0 Å². The number of phenols is 1. The second-order valence-corrected chi connectivity index (χ2v) is 3.67. The molecule has 0 atom stereocenters. The minimum Gasteiger partial charge on any atom is -0.507 e. The molecule has 0 bridgehead atoms. The average molecular weight is 301 g/mol. The molecule has 0 fully saturated rings. The Hall–Kier alpha value is 0.0400. The Morgan fingerprint density at radius 2 is 1.64 bits per heavy atom. The van der Waals surface area contributed by atoms with Gasteiger partial charge in [-0.25, -0.2) is 0 Å². The highest BCUT2D eigenvalue weighted by atomic mass is 79.9. The van der Waals surface area contributed by atoms with Crippen molar-refractivity contribution in [3.05, 3.63) is 26.7 Å². The van der Waals surface area contributed by atoms with Gasteiger partial charge in [0.05, 0.1) is 10.0 Å². The Morgan fingerprint density at radius 3 is 2.07 bits per heavy atom. The number of aromatic hydroxyl groups is 1. The third-order valence-corrected chi connectivity index (χ3v) is 3.18. The lowest BCUT2D eigenvalue weighted by Crippen LogP contribution is -2.01. The van der Waals surface area contributed by atoms with Crippen LogP contribution in [-0.4, -0.2) is 5.11 Å². The standard InChI is InChI=1S/C9H11Cl2NO.BrH/c1-4-5(2)9(13)6(3-12)8(11)7(4)10;/h13H,3,12H2,1-2H3;1H. The van der Waals surface area contributed by atoms with Gasteiger partial charge in [-0.15, -0.1) is 17.0 Å². The van der Waals surface area contributed by atoms with Gasteiger partial charge in [0.2, 0.25) is 0 Å². The predicted molar refractivity (Wildman–Crippen MR) is 65.8 cm³/mol. The maximum absolute atomic E-state index is 9.66. The van der Waals surface area contributed by atoms with E-state index >= 15 is 0 Å². The van der Waals surface area contributed by atoms with Crippen LogP contribution in [0.2, 0.25) is 10.0 Å². The summed E-state index contributed by atoms with van der Waals surface area (Å²) in [6.07, 6.45) is 0. The van der Waals surface area contributed by atoms with Crippen molar-refractivity contribution in [2.75, 3.05) is 0 Å². The second-order valence-electron chi connectivity index (χ2n) is 2.91. The molecule has 0 unspecified atom stereocenters. The fourth-order valence-corrected chi connectivity index (χ4v) is 1.72. The first-order valence-corrected chi connectivity index (χ1v) is 4.62. The first-order valence-electron chi connectivity index (χ1n) is 3.86. The number of hydrogen-bond acceptors (Lipinski definition) is 2. The van der Waals surface area contributed by atoms with Gasteiger partial charge in [0, 0.05) is 12.1 Å². The van der Waals surface area contributed by atoms with Gasteiger partial charge in [0.15, 0.2) is 0 Å². The van der Waals surface area contributed by atoms with E-state index in [-0.39, 0.29) is 29.3 Å². The molecule has 0 radical (unpaired) electrons. The van der Waals surface area contributed by atoms with Gasteiger partial charge in [0.25, 0.3) is 0 Å². The number of hydrogen-bond donors (Lipinski definition) is 2. The average Bonchev–Trinajstić information content (AvgIpc) is 2.13. The van der Waals surface area contributed by atoms with Crippen LogP contribution in [0.5, 0.6) is 5.75 Å². The number of halogens is 3. The molecule has 0 saturated heterocycles. The summed E-state index contributed by atoms with van der Waals surface area (Å²) in [4.78, 5) is 0. The first-order chi connectivity index (χ1) is 6.00. The Kier molecular flexibility index (Phi) is 5.23. The van der Waals surface area contributed by atoms with Crippen LogP contribution in [0.3, 0.4) is 0 Å². The number of phenolic OH excluding ortho intramolecular Hbond substituents is 1. The van der Waals surface area contributed by atoms with Crippen molar-refractivity contribution in [3.8, 4) is 5.75 Å². The van der Waals surface area contributed by atoms with Crippen LogP contribution in [0.25, 0.3) is 0 Å². The highest BCUT2D eigenvalue weighted by Crippen LogP contribution is 2.38. The first kappa shape index (κ1) is 14.0. The summed E-state index contributed by atoms with van der Waals surface area (Å²) in [5, 5.41) is 10.5. The Bertz CT molecular complexity index is 326. The topological polar surface area (TPSA) is 46.2 Å². The SMILES string of the molecule is Br.Cc1c(C)c(Cl)c(Cl)c(CN)c1O. The monoisotopic (exact) mass is 299 g/mol. The van der Waals surface area contributed by atoms with E-state index in [2.05, 4.69) is 0 Å². The summed E-state index contributed by atoms with van der Waals surface area (Å²) in [6, 6.07) is 0. The van der Waals surface area contributed by atoms with Gasteiger partial charge >= 0.3 is 0 Å². The zero-order chi connectivity index (χ0) is 10.2. The molecule has 5 heteroatoms. The van der Waals surface area contributed by atoms with Crippen molar-refractivity contribution in [1.82, 2.24) is 0 Å². The Balaban J connectivity index is 0.00000169. The Morgan fingerprint density at radius 1 is 1.14 bits per heavy atom. The van der Waals surface area contributed by atoms with E-state index in [9.17, 15) is 5.11 Å². The van der Waals surface area contributed by atoms with Gasteiger partial charge in [0.1, 0.15) is 5.75 Å². The molecule has 1 aromatic rings. The maximum atomic E-state index is 9.66. The summed E-state index contributed by atoms with van der Waals surface area (Å²) in [5.74, 6) is 0.148. The fraction of sp³-hybridized carbons (Fsp3) is 0.333. The lowest BCUT2D eigenvalue weighted by atomic mass is 10.0. The van der Waals surface area contributed by atoms with E-state index in [1.54, 1.807) is 6.92 Å². The van der Waals surface area contributed by atoms with Gasteiger partial charge in [-0.3, -0.25) is 0 Å². The minimum absolute atomic E-state index is 0. The molecular weight excluding hydrogens is 289 g/mol. The van der Waals surface area contributed by atoms with Crippen molar-refractivity contribution in [3.63, 3.8) is 0 Å². The van der Waals surface area contributed by atoms with E-state index in [1.807, 2.05) is 6.92 Å². The molecule has 0 saturated carbocycles. The third kappa shape index (κ3) is 2.16. The smallest absolute Gasteiger partial charge is 0.124 e. The molecule has 2 nitrogen and oxygen atoms in total. The van der Waals surface area contributed by atoms with Crippen molar-refractivity contribution in [2.45, 2.75) is 20.4 Å². The van der Waals surface area contributed by atoms with Crippen molar-refractivity contribution in [1.29, 1.82) is 0 Å². The van der Waals surface area contributed by atoms with Crippen molar-refractivity contribution in [2.24, 2.45) is 5.73 Å². The van der Waals surface area contributed by atoms with Crippen molar-refractivity contribution >= 4 is 40.2 Å². The fourth-order valence-electron chi connectivity index (χ4n) is 1.16. The molecule has 0 amide bonds. The van der Waals surface area contributed by atoms with Crippen LogP contribution >= 0.6 is 40.2 Å². The number of benzene rings is 1. The normalized spacial score (nSPS) is 9.79. The quantitative estimate of drug-likeness (QED) is 0.835. The summed E-state index contributed by atoms with van der Waals surface area (Å²) in [6.45, 7) is 3.78. The molecule has 14 heavy (non-hydrogen) atoms. The molecule has 80 valence electrons. The highest BCUT2D eigenvalue weighted by Gasteiger charge is 2.15. The molecule has 0 aliphatic carbocycles. The van der Waals surface area contributed by atoms with E-state index in [4.69, 9.17) is 28.9 Å². The predicted octanol–water partition coefficient (Wildman–Crippen LogP) is 3.35. The molecule has 0 heterocycles. The van der Waals surface area contributed by atoms with Crippen LogP contribution in [-0.2, 0) is 6.54 Å². The zero-order valence-electron chi connectivity index (χ0n) is 7.90. The third-order valence-electron chi connectivity index (χ3n) is 2.19. The van der Waals surface area contributed by atoms with E-state index in [0.717, 1.165) is 11.1 Å². The summed E-state index contributed by atoms with van der Waals surface area (Å²) < 4.78 is 0. The van der Waals surface area contributed by atoms with Crippen LogP contribution in [0, 0.1) is 13.8 Å². The van der Waals surface area contributed by atoms with Gasteiger partial charge in [-0.2, -0.15) is 0 Å². The molecule has 0 spiro atoms. The zero-order valence-corrected chi connectivity index (χ0v) is 11.1. The lowest BCUT2D eigenvalue weighted by Gasteiger charge is -2.12. The molecule has 1 rings (SSSR count). The van der Waals surface area contributed by atoms with Crippen LogP contribution < -0.4 is 5.73 Å². The van der Waals surface area contributed by atoms with Gasteiger partial charge in [-0.1, -0.05) is 23.2 Å². The van der Waals surface area contributed by atoms with Gasteiger partial charge in [-0.05, 0) is 25.0 Å². The number of rotatable bonds is 1. The summed E-state index contributed by atoms with van der Waals surface area (Å²) >= 11 is 11.8. The van der Waals surface area contributed by atoms with Gasteiger partial charge < -0.3 is 10.8 Å². The Labute approximate surface area is 104 Å². The summed E-state index contributed by atoms with van der Waals surface area (Å²) in [7, 11) is 0. The molecule has 1 aromatic carbocycles. The molecule has 3 N–H and O–H groups in total. The van der Waals surface area contributed by atoms with Crippen LogP contribution in [0.4, 0.5) is 0 Å². The van der Waals surface area contributed by atoms with Crippen molar-refractivity contribution < 1.29 is 5.11 Å². The molecular formula is C9H12BrCl2NO. The summed E-state index contributed by atoms with van der Waals surface area (Å²) in [5.41, 5.74) is 7.47. The van der Waals surface area contributed by atoms with E-state index in [0.29, 0.717) is 15.6 Å². The maximum Gasteiger partial charge on any atom is 0.124 e. The van der Waals surface area contributed by atoms with E-state index < -0.39 is 0 Å². The number of nitrogens with two attached hydrogens (primary N) is 1. The molecule has 0 aromatic heterocycles.